The standard InChI is InChI=1S/C22H25N7O3S/c1-13-25-21-16(10-19(23)27-22(21)29(13)20-5-3-4-8-32-20)26-15-7-6-14(9-18(15)33(30)31)17-11-24-12-28(17)2/h6-7,9-12,20H,3-5,8H2,1-2H3,(H,30,31)(H3,23,26,27). The Hall–Kier alpha value is -3.28. The Balaban J connectivity index is 1.58. The Bertz CT molecular complexity index is 1360. The molecular formula is C22H25N7O3S. The van der Waals surface area contributed by atoms with E-state index in [9.17, 15) is 8.76 Å². The molecule has 1 aliphatic heterocycles. The molecule has 4 N–H and O–H groups in total. The number of nitrogen functional groups attached to an aromatic ring is 1. The zero-order chi connectivity index (χ0) is 23.1. The normalized spacial score (nSPS) is 17.4. The summed E-state index contributed by atoms with van der Waals surface area (Å²) in [5.74, 6) is 1.09. The van der Waals surface area contributed by atoms with Crippen LogP contribution >= 0.6 is 0 Å². The number of imidazole rings is 2. The molecule has 5 rings (SSSR count). The number of aryl methyl sites for hydroxylation is 2. The summed E-state index contributed by atoms with van der Waals surface area (Å²) < 4.78 is 32.0. The summed E-state index contributed by atoms with van der Waals surface area (Å²) in [6.45, 7) is 2.61. The van der Waals surface area contributed by atoms with E-state index in [0.717, 1.165) is 36.3 Å². The Morgan fingerprint density at radius 3 is 2.79 bits per heavy atom. The van der Waals surface area contributed by atoms with Gasteiger partial charge in [0.25, 0.3) is 0 Å². The first-order chi connectivity index (χ1) is 15.9. The van der Waals surface area contributed by atoms with Gasteiger partial charge in [0.1, 0.15) is 23.4 Å². The minimum atomic E-state index is -2.22. The Labute approximate surface area is 193 Å². The first-order valence-electron chi connectivity index (χ1n) is 10.7. The van der Waals surface area contributed by atoms with Gasteiger partial charge in [-0.15, -0.1) is 0 Å². The number of nitrogens with one attached hydrogen (secondary N) is 1. The summed E-state index contributed by atoms with van der Waals surface area (Å²) in [5, 5.41) is 3.26. The van der Waals surface area contributed by atoms with Crippen LogP contribution in [0.15, 0.2) is 41.7 Å². The molecule has 33 heavy (non-hydrogen) atoms. The third-order valence-electron chi connectivity index (χ3n) is 5.84. The summed E-state index contributed by atoms with van der Waals surface area (Å²) in [4.78, 5) is 13.6. The van der Waals surface area contributed by atoms with Crippen LogP contribution in [0.5, 0.6) is 0 Å². The van der Waals surface area contributed by atoms with Gasteiger partial charge in [-0.25, -0.2) is 19.2 Å². The lowest BCUT2D eigenvalue weighted by atomic mass is 10.1. The highest BCUT2D eigenvalue weighted by atomic mass is 32.2. The molecule has 0 spiro atoms. The van der Waals surface area contributed by atoms with Gasteiger partial charge in [0, 0.05) is 25.3 Å². The van der Waals surface area contributed by atoms with E-state index in [4.69, 9.17) is 15.5 Å². The van der Waals surface area contributed by atoms with Crippen molar-refractivity contribution in [1.82, 2.24) is 24.1 Å². The van der Waals surface area contributed by atoms with E-state index >= 15 is 0 Å². The summed E-state index contributed by atoms with van der Waals surface area (Å²) in [5.41, 5.74) is 10.1. The topological polar surface area (TPSA) is 133 Å². The van der Waals surface area contributed by atoms with Crippen molar-refractivity contribution in [1.29, 1.82) is 0 Å². The van der Waals surface area contributed by atoms with Crippen LogP contribution < -0.4 is 11.1 Å². The number of ether oxygens (including phenoxy) is 1. The Morgan fingerprint density at radius 2 is 2.09 bits per heavy atom. The summed E-state index contributed by atoms with van der Waals surface area (Å²) in [6, 6.07) is 7.00. The molecule has 0 bridgehead atoms. The van der Waals surface area contributed by atoms with Gasteiger partial charge in [-0.2, -0.15) is 0 Å². The maximum atomic E-state index is 12.2. The average molecular weight is 468 g/mol. The van der Waals surface area contributed by atoms with Crippen molar-refractivity contribution in [3.8, 4) is 11.3 Å². The largest absolute Gasteiger partial charge is 0.384 e. The van der Waals surface area contributed by atoms with Crippen LogP contribution in [0.1, 0.15) is 31.3 Å². The second-order valence-corrected chi connectivity index (χ2v) is 9.03. The number of hydrogen-bond donors (Lipinski definition) is 3. The summed E-state index contributed by atoms with van der Waals surface area (Å²) >= 11 is -2.22. The number of nitrogens with zero attached hydrogens (tertiary/aromatic N) is 5. The highest BCUT2D eigenvalue weighted by Crippen LogP contribution is 2.35. The maximum Gasteiger partial charge on any atom is 0.188 e. The van der Waals surface area contributed by atoms with E-state index in [0.29, 0.717) is 35.0 Å². The fraction of sp³-hybridized carbons (Fsp3) is 0.318. The quantitative estimate of drug-likeness (QED) is 0.378. The minimum Gasteiger partial charge on any atom is -0.384 e. The second-order valence-electron chi connectivity index (χ2n) is 8.09. The number of nitrogens with two attached hydrogens (primary N) is 1. The zero-order valence-corrected chi connectivity index (χ0v) is 19.2. The predicted octanol–water partition coefficient (Wildman–Crippen LogP) is 3.75. The molecule has 4 heterocycles. The molecule has 172 valence electrons. The Morgan fingerprint density at radius 1 is 1.24 bits per heavy atom. The summed E-state index contributed by atoms with van der Waals surface area (Å²) in [7, 11) is 1.87. The minimum absolute atomic E-state index is 0.135. The molecule has 10 nitrogen and oxygen atoms in total. The van der Waals surface area contributed by atoms with Gasteiger partial charge in [0.15, 0.2) is 16.7 Å². The lowest BCUT2D eigenvalue weighted by Crippen LogP contribution is -2.19. The molecular weight excluding hydrogens is 442 g/mol. The number of pyridine rings is 1. The van der Waals surface area contributed by atoms with Gasteiger partial charge in [-0.05, 0) is 38.3 Å². The third kappa shape index (κ3) is 3.99. The fourth-order valence-electron chi connectivity index (χ4n) is 4.27. The van der Waals surface area contributed by atoms with E-state index in [1.165, 1.54) is 0 Å². The van der Waals surface area contributed by atoms with Gasteiger partial charge in [0.05, 0.1) is 34.5 Å². The average Bonchev–Trinajstić information content (AvgIpc) is 3.37. The van der Waals surface area contributed by atoms with Crippen molar-refractivity contribution in [3.63, 3.8) is 0 Å². The SMILES string of the molecule is Cc1nc2c(Nc3ccc(-c4cncn4C)cc3S(=O)O)cc(N)nc2n1C1CCCCO1. The van der Waals surface area contributed by atoms with Crippen molar-refractivity contribution < 1.29 is 13.5 Å². The van der Waals surface area contributed by atoms with Crippen LogP contribution in [-0.2, 0) is 22.9 Å². The molecule has 1 aliphatic rings. The van der Waals surface area contributed by atoms with E-state index in [1.807, 2.05) is 29.2 Å². The molecule has 1 fully saturated rings. The number of benzene rings is 1. The molecule has 0 amide bonds. The second kappa shape index (κ2) is 8.58. The van der Waals surface area contributed by atoms with Crippen LogP contribution in [0.4, 0.5) is 17.2 Å². The van der Waals surface area contributed by atoms with Gasteiger partial charge in [0.2, 0.25) is 0 Å². The van der Waals surface area contributed by atoms with E-state index < -0.39 is 11.1 Å². The maximum absolute atomic E-state index is 12.2. The monoisotopic (exact) mass is 467 g/mol. The first-order valence-corrected chi connectivity index (χ1v) is 11.8. The molecule has 2 unspecified atom stereocenters. The predicted molar refractivity (Wildman–Crippen MR) is 126 cm³/mol. The lowest BCUT2D eigenvalue weighted by Gasteiger charge is -2.25. The van der Waals surface area contributed by atoms with Crippen LogP contribution in [-0.4, -0.2) is 39.5 Å². The Kier molecular flexibility index (Phi) is 5.60. The zero-order valence-electron chi connectivity index (χ0n) is 18.4. The summed E-state index contributed by atoms with van der Waals surface area (Å²) in [6.07, 6.45) is 6.26. The third-order valence-corrected chi connectivity index (χ3v) is 6.55. The number of aromatic nitrogens is 5. The number of hydrogen-bond acceptors (Lipinski definition) is 7. The molecule has 0 radical (unpaired) electrons. The molecule has 3 aromatic heterocycles. The molecule has 11 heteroatoms. The van der Waals surface area contributed by atoms with Crippen molar-refractivity contribution in [2.45, 2.75) is 37.3 Å². The first kappa shape index (κ1) is 21.6. The smallest absolute Gasteiger partial charge is 0.188 e. The molecule has 2 atom stereocenters. The van der Waals surface area contributed by atoms with E-state index in [1.54, 1.807) is 30.7 Å². The van der Waals surface area contributed by atoms with Crippen LogP contribution in [0.25, 0.3) is 22.4 Å². The number of rotatable bonds is 5. The molecule has 4 aromatic rings. The fourth-order valence-corrected chi connectivity index (χ4v) is 4.80. The van der Waals surface area contributed by atoms with Crippen molar-refractivity contribution in [2.24, 2.45) is 7.05 Å². The molecule has 1 aromatic carbocycles. The highest BCUT2D eigenvalue weighted by molar-refractivity contribution is 7.79. The van der Waals surface area contributed by atoms with Crippen LogP contribution in [0, 0.1) is 6.92 Å². The van der Waals surface area contributed by atoms with E-state index in [-0.39, 0.29) is 11.1 Å². The highest BCUT2D eigenvalue weighted by Gasteiger charge is 2.23. The molecule has 0 aliphatic carbocycles. The van der Waals surface area contributed by atoms with Gasteiger partial charge < -0.3 is 24.9 Å². The van der Waals surface area contributed by atoms with Crippen molar-refractivity contribution >= 4 is 39.4 Å². The van der Waals surface area contributed by atoms with Crippen LogP contribution in [0.2, 0.25) is 0 Å². The van der Waals surface area contributed by atoms with Gasteiger partial charge in [-0.1, -0.05) is 6.07 Å². The van der Waals surface area contributed by atoms with Crippen molar-refractivity contribution in [2.75, 3.05) is 17.7 Å². The van der Waals surface area contributed by atoms with E-state index in [2.05, 4.69) is 15.3 Å². The molecule has 0 saturated carbocycles. The molecule has 1 saturated heterocycles. The van der Waals surface area contributed by atoms with Crippen LogP contribution in [0.3, 0.4) is 0 Å². The van der Waals surface area contributed by atoms with Gasteiger partial charge >= 0.3 is 0 Å². The number of fused-ring (bicyclic) bond motifs is 1. The van der Waals surface area contributed by atoms with Gasteiger partial charge in [-0.3, -0.25) is 4.57 Å². The van der Waals surface area contributed by atoms with Crippen molar-refractivity contribution in [3.05, 3.63) is 42.6 Å². The lowest BCUT2D eigenvalue weighted by molar-refractivity contribution is -0.0308. The number of anilines is 3.